The lowest BCUT2D eigenvalue weighted by Crippen LogP contribution is -2.61. The van der Waals surface area contributed by atoms with Gasteiger partial charge < -0.3 is 44.8 Å². The first-order chi connectivity index (χ1) is 18.7. The van der Waals surface area contributed by atoms with Crippen LogP contribution >= 0.6 is 0 Å². The van der Waals surface area contributed by atoms with Crippen LogP contribution in [0.4, 0.5) is 0 Å². The molecule has 1 aliphatic rings. The minimum atomic E-state index is -1.65. The SMILES string of the molecule is O=C(/C=C/c1ccc(O)cc1)O[C@H]1[C@H](Oc2cc(O)cc(/C=C/c3ccc(O)cc3)c2)OC(CO)[C@@H](O)[C@@H]1O. The summed E-state index contributed by atoms with van der Waals surface area (Å²) in [6, 6.07) is 16.9. The fourth-order valence-corrected chi connectivity index (χ4v) is 3.88. The second-order valence-electron chi connectivity index (χ2n) is 8.84. The van der Waals surface area contributed by atoms with E-state index in [1.165, 1.54) is 42.5 Å². The van der Waals surface area contributed by atoms with Gasteiger partial charge in [0.1, 0.15) is 41.3 Å². The average molecular weight is 537 g/mol. The Morgan fingerprint density at radius 1 is 0.769 bits per heavy atom. The Morgan fingerprint density at radius 2 is 1.36 bits per heavy atom. The largest absolute Gasteiger partial charge is 0.508 e. The van der Waals surface area contributed by atoms with Gasteiger partial charge in [-0.3, -0.25) is 0 Å². The second kappa shape index (κ2) is 12.5. The summed E-state index contributed by atoms with van der Waals surface area (Å²) >= 11 is 0. The number of hydrogen-bond donors (Lipinski definition) is 6. The van der Waals surface area contributed by atoms with E-state index in [1.54, 1.807) is 42.5 Å². The highest BCUT2D eigenvalue weighted by Crippen LogP contribution is 2.30. The summed E-state index contributed by atoms with van der Waals surface area (Å²) in [5.74, 6) is -0.708. The second-order valence-corrected chi connectivity index (χ2v) is 8.84. The van der Waals surface area contributed by atoms with Crippen LogP contribution in [-0.2, 0) is 14.3 Å². The number of aliphatic hydroxyl groups is 3. The Balaban J connectivity index is 1.52. The van der Waals surface area contributed by atoms with Crippen molar-refractivity contribution in [2.75, 3.05) is 6.61 Å². The Labute approximate surface area is 223 Å². The van der Waals surface area contributed by atoms with Crippen LogP contribution in [0.3, 0.4) is 0 Å². The molecule has 204 valence electrons. The molecule has 3 aromatic carbocycles. The summed E-state index contributed by atoms with van der Waals surface area (Å²) in [5, 5.41) is 59.6. The highest BCUT2D eigenvalue weighted by atomic mass is 16.7. The van der Waals surface area contributed by atoms with Crippen LogP contribution in [0.5, 0.6) is 23.0 Å². The zero-order valence-electron chi connectivity index (χ0n) is 20.6. The Morgan fingerprint density at radius 3 is 1.97 bits per heavy atom. The highest BCUT2D eigenvalue weighted by molar-refractivity contribution is 5.87. The molecule has 4 rings (SSSR count). The van der Waals surface area contributed by atoms with E-state index in [0.717, 1.165) is 11.6 Å². The number of carbonyl (C=O) groups excluding carboxylic acids is 1. The van der Waals surface area contributed by atoms with E-state index in [2.05, 4.69) is 0 Å². The molecule has 6 N–H and O–H groups in total. The number of ether oxygens (including phenoxy) is 3. The molecule has 0 saturated carbocycles. The Bertz CT molecular complexity index is 1320. The molecular weight excluding hydrogens is 508 g/mol. The molecule has 1 fully saturated rings. The molecule has 1 heterocycles. The van der Waals surface area contributed by atoms with Crippen molar-refractivity contribution in [3.05, 3.63) is 89.5 Å². The number of benzene rings is 3. The summed E-state index contributed by atoms with van der Waals surface area (Å²) in [7, 11) is 0. The molecule has 0 aliphatic carbocycles. The van der Waals surface area contributed by atoms with Gasteiger partial charge in [-0.15, -0.1) is 0 Å². The number of rotatable bonds is 8. The van der Waals surface area contributed by atoms with E-state index in [-0.39, 0.29) is 23.0 Å². The zero-order valence-corrected chi connectivity index (χ0v) is 20.6. The molecular formula is C29H28O10. The standard InChI is InChI=1S/C29H28O10/c30-16-24-26(35)27(36)28(39-25(34)12-7-18-5-10-21(32)11-6-18)29(38-24)37-23-14-19(13-22(33)15-23)2-1-17-3-8-20(31)9-4-17/h1-15,24,26-33,35-36H,16H2/b2-1+,12-7+/t24?,26-,27+,28-,29-/m1/s1. The number of phenols is 3. The first-order valence-corrected chi connectivity index (χ1v) is 12.0. The average Bonchev–Trinajstić information content (AvgIpc) is 2.92. The van der Waals surface area contributed by atoms with Crippen LogP contribution in [-0.4, -0.2) is 73.9 Å². The molecule has 0 bridgehead atoms. The van der Waals surface area contributed by atoms with Crippen LogP contribution in [0.1, 0.15) is 16.7 Å². The maximum absolute atomic E-state index is 12.5. The topological polar surface area (TPSA) is 166 Å². The van der Waals surface area contributed by atoms with Crippen LogP contribution in [0.2, 0.25) is 0 Å². The van der Waals surface area contributed by atoms with Gasteiger partial charge in [-0.2, -0.15) is 0 Å². The van der Waals surface area contributed by atoms with Crippen molar-refractivity contribution >= 4 is 24.2 Å². The molecule has 0 radical (unpaired) electrons. The molecule has 10 nitrogen and oxygen atoms in total. The van der Waals surface area contributed by atoms with Crippen LogP contribution in [0, 0.1) is 0 Å². The lowest BCUT2D eigenvalue weighted by molar-refractivity contribution is -0.281. The van der Waals surface area contributed by atoms with E-state index >= 15 is 0 Å². The molecule has 3 aromatic rings. The Kier molecular flexibility index (Phi) is 8.84. The first kappa shape index (κ1) is 27.7. The highest BCUT2D eigenvalue weighted by Gasteiger charge is 2.47. The van der Waals surface area contributed by atoms with Crippen molar-refractivity contribution in [2.45, 2.75) is 30.7 Å². The van der Waals surface area contributed by atoms with E-state index in [9.17, 15) is 35.4 Å². The van der Waals surface area contributed by atoms with Gasteiger partial charge in [0.2, 0.25) is 6.29 Å². The fraction of sp³-hybridized carbons (Fsp3) is 0.207. The summed E-state index contributed by atoms with van der Waals surface area (Å²) in [6.45, 7) is -0.639. The van der Waals surface area contributed by atoms with Crippen molar-refractivity contribution in [3.8, 4) is 23.0 Å². The van der Waals surface area contributed by atoms with Gasteiger partial charge >= 0.3 is 5.97 Å². The number of aromatic hydroxyl groups is 3. The van der Waals surface area contributed by atoms with Gasteiger partial charge in [0, 0.05) is 12.1 Å². The van der Waals surface area contributed by atoms with Gasteiger partial charge in [-0.25, -0.2) is 4.79 Å². The molecule has 0 aromatic heterocycles. The van der Waals surface area contributed by atoms with Crippen molar-refractivity contribution in [1.29, 1.82) is 0 Å². The molecule has 0 amide bonds. The number of aliphatic hydroxyl groups excluding tert-OH is 3. The van der Waals surface area contributed by atoms with Crippen LogP contribution in [0.15, 0.2) is 72.8 Å². The van der Waals surface area contributed by atoms with Gasteiger partial charge in [0.15, 0.2) is 6.10 Å². The first-order valence-electron chi connectivity index (χ1n) is 12.0. The maximum atomic E-state index is 12.5. The van der Waals surface area contributed by atoms with E-state index in [4.69, 9.17) is 14.2 Å². The third-order valence-electron chi connectivity index (χ3n) is 5.91. The number of phenolic OH excluding ortho intramolecular Hbond substituents is 3. The van der Waals surface area contributed by atoms with Crippen LogP contribution in [0.25, 0.3) is 18.2 Å². The van der Waals surface area contributed by atoms with Gasteiger partial charge in [0.05, 0.1) is 6.61 Å². The predicted molar refractivity (Wildman–Crippen MR) is 141 cm³/mol. The summed E-state index contributed by atoms with van der Waals surface area (Å²) < 4.78 is 16.8. The molecule has 1 unspecified atom stereocenters. The lowest BCUT2D eigenvalue weighted by Gasteiger charge is -2.41. The molecule has 0 spiro atoms. The summed E-state index contributed by atoms with van der Waals surface area (Å²) in [5.41, 5.74) is 1.94. The smallest absolute Gasteiger partial charge is 0.331 e. The van der Waals surface area contributed by atoms with E-state index in [1.807, 2.05) is 0 Å². The lowest BCUT2D eigenvalue weighted by atomic mass is 9.99. The number of carbonyl (C=O) groups is 1. The molecule has 10 heteroatoms. The van der Waals surface area contributed by atoms with Gasteiger partial charge in [-0.05, 0) is 59.2 Å². The van der Waals surface area contributed by atoms with Crippen LogP contribution < -0.4 is 4.74 Å². The molecule has 39 heavy (non-hydrogen) atoms. The number of esters is 1. The third-order valence-corrected chi connectivity index (χ3v) is 5.91. The molecule has 1 saturated heterocycles. The van der Waals surface area contributed by atoms with Crippen molar-refractivity contribution in [2.24, 2.45) is 0 Å². The van der Waals surface area contributed by atoms with Crippen molar-refractivity contribution in [1.82, 2.24) is 0 Å². The molecule has 5 atom stereocenters. The van der Waals surface area contributed by atoms with Crippen molar-refractivity contribution in [3.63, 3.8) is 0 Å². The zero-order chi connectivity index (χ0) is 27.9. The minimum Gasteiger partial charge on any atom is -0.508 e. The molecule has 1 aliphatic heterocycles. The fourth-order valence-electron chi connectivity index (χ4n) is 3.88. The normalized spacial score (nSPS) is 23.2. The van der Waals surface area contributed by atoms with Crippen molar-refractivity contribution < 1.29 is 49.6 Å². The predicted octanol–water partition coefficient (Wildman–Crippen LogP) is 2.42. The van der Waals surface area contributed by atoms with Gasteiger partial charge in [-0.1, -0.05) is 36.4 Å². The van der Waals surface area contributed by atoms with Gasteiger partial charge in [0.25, 0.3) is 0 Å². The summed E-state index contributed by atoms with van der Waals surface area (Å²) in [4.78, 5) is 12.5. The third kappa shape index (κ3) is 7.37. The monoisotopic (exact) mass is 536 g/mol. The number of hydrogen-bond acceptors (Lipinski definition) is 10. The Hall–Kier alpha value is -4.35. The van der Waals surface area contributed by atoms with E-state index < -0.39 is 43.3 Å². The quantitative estimate of drug-likeness (QED) is 0.143. The maximum Gasteiger partial charge on any atom is 0.331 e. The summed E-state index contributed by atoms with van der Waals surface area (Å²) in [6.07, 6.45) is -1.40. The van der Waals surface area contributed by atoms with E-state index in [0.29, 0.717) is 11.1 Å². The minimum absolute atomic E-state index is 0.0653.